The van der Waals surface area contributed by atoms with E-state index in [1.165, 1.54) is 0 Å². The predicted octanol–water partition coefficient (Wildman–Crippen LogP) is 3.91. The second-order valence-corrected chi connectivity index (χ2v) is 5.11. The van der Waals surface area contributed by atoms with E-state index in [0.29, 0.717) is 4.77 Å². The zero-order chi connectivity index (χ0) is 13.6. The Morgan fingerprint density at radius 1 is 1.42 bits per heavy atom. The van der Waals surface area contributed by atoms with Gasteiger partial charge in [-0.25, -0.2) is 4.98 Å². The molecule has 0 spiro atoms. The molecule has 1 atom stereocenters. The summed E-state index contributed by atoms with van der Waals surface area (Å²) in [5, 5.41) is 0. The number of hydrogen-bond donors (Lipinski definition) is 1. The number of aromatic nitrogens is 3. The van der Waals surface area contributed by atoms with Gasteiger partial charge in [0.15, 0.2) is 10.4 Å². The van der Waals surface area contributed by atoms with Crippen LogP contribution in [0, 0.1) is 18.6 Å². The van der Waals surface area contributed by atoms with Crippen molar-refractivity contribution in [2.24, 2.45) is 0 Å². The van der Waals surface area contributed by atoms with Crippen molar-refractivity contribution in [2.75, 3.05) is 0 Å². The van der Waals surface area contributed by atoms with Crippen molar-refractivity contribution in [1.82, 2.24) is 14.5 Å². The van der Waals surface area contributed by atoms with Gasteiger partial charge in [0.05, 0.1) is 11.6 Å². The molecule has 0 aliphatic heterocycles. The average molecular weight is 273 g/mol. The largest absolute Gasteiger partial charge is 0.466 e. The van der Waals surface area contributed by atoms with Crippen LogP contribution in [0.1, 0.15) is 30.0 Å². The average Bonchev–Trinajstić information content (AvgIpc) is 2.87. The lowest BCUT2D eigenvalue weighted by Gasteiger charge is -2.13. The molecule has 0 aliphatic carbocycles. The summed E-state index contributed by atoms with van der Waals surface area (Å²) in [6.45, 7) is 6.04. The van der Waals surface area contributed by atoms with Crippen molar-refractivity contribution in [2.45, 2.75) is 26.8 Å². The Kier molecular flexibility index (Phi) is 2.78. The molecule has 3 aromatic rings. The highest BCUT2D eigenvalue weighted by molar-refractivity contribution is 7.71. The lowest BCUT2D eigenvalue weighted by molar-refractivity contribution is 0.494. The third-order valence-corrected chi connectivity index (χ3v) is 3.69. The van der Waals surface area contributed by atoms with E-state index in [9.17, 15) is 0 Å². The number of H-pyrrole nitrogens is 1. The number of fused-ring (bicyclic) bond motifs is 1. The third kappa shape index (κ3) is 1.90. The molecule has 3 rings (SSSR count). The summed E-state index contributed by atoms with van der Waals surface area (Å²) in [4.78, 5) is 7.61. The zero-order valence-electron chi connectivity index (χ0n) is 11.1. The Morgan fingerprint density at radius 3 is 2.89 bits per heavy atom. The minimum atomic E-state index is 0.0913. The van der Waals surface area contributed by atoms with Gasteiger partial charge in [-0.15, -0.1) is 0 Å². The van der Waals surface area contributed by atoms with E-state index >= 15 is 0 Å². The molecule has 0 bridgehead atoms. The van der Waals surface area contributed by atoms with E-state index in [1.54, 1.807) is 6.20 Å². The summed E-state index contributed by atoms with van der Waals surface area (Å²) >= 11 is 5.42. The molecule has 0 saturated carbocycles. The molecule has 0 amide bonds. The van der Waals surface area contributed by atoms with Crippen LogP contribution in [-0.4, -0.2) is 14.5 Å². The molecule has 3 heterocycles. The van der Waals surface area contributed by atoms with E-state index in [0.717, 1.165) is 28.2 Å². The standard InChI is InChI=1S/C14H15N3OS/c1-8-7-11(10(3)18-8)9(2)17-13-12(16-14(17)19)5-4-6-15-13/h4-7,9H,1-3H3,(H,16,19). The number of pyridine rings is 1. The first-order chi connectivity index (χ1) is 9.08. The van der Waals surface area contributed by atoms with Crippen LogP contribution in [0.5, 0.6) is 0 Å². The van der Waals surface area contributed by atoms with E-state index < -0.39 is 0 Å². The molecular formula is C14H15N3OS. The second kappa shape index (κ2) is 4.35. The van der Waals surface area contributed by atoms with Gasteiger partial charge >= 0.3 is 0 Å². The molecule has 3 aromatic heterocycles. The van der Waals surface area contributed by atoms with Crippen molar-refractivity contribution < 1.29 is 4.42 Å². The predicted molar refractivity (Wildman–Crippen MR) is 76.9 cm³/mol. The highest BCUT2D eigenvalue weighted by Gasteiger charge is 2.18. The molecular weight excluding hydrogens is 258 g/mol. The number of nitrogens with zero attached hydrogens (tertiary/aromatic N) is 2. The highest BCUT2D eigenvalue weighted by atomic mass is 32.1. The van der Waals surface area contributed by atoms with E-state index in [-0.39, 0.29) is 6.04 Å². The summed E-state index contributed by atoms with van der Waals surface area (Å²) in [6, 6.07) is 6.03. The quantitative estimate of drug-likeness (QED) is 0.720. The molecule has 0 aliphatic rings. The normalized spacial score (nSPS) is 13.0. The number of furan rings is 1. The lowest BCUT2D eigenvalue weighted by atomic mass is 10.1. The van der Waals surface area contributed by atoms with Crippen LogP contribution in [0.2, 0.25) is 0 Å². The number of hydrogen-bond acceptors (Lipinski definition) is 3. The van der Waals surface area contributed by atoms with Gasteiger partial charge in [-0.3, -0.25) is 4.57 Å². The Labute approximate surface area is 116 Å². The monoisotopic (exact) mass is 273 g/mol. The molecule has 4 nitrogen and oxygen atoms in total. The number of nitrogens with one attached hydrogen (secondary N) is 1. The van der Waals surface area contributed by atoms with Crippen molar-refractivity contribution in [3.63, 3.8) is 0 Å². The van der Waals surface area contributed by atoms with Crippen LogP contribution >= 0.6 is 12.2 Å². The topological polar surface area (TPSA) is 46.8 Å². The van der Waals surface area contributed by atoms with Crippen LogP contribution in [0.15, 0.2) is 28.8 Å². The van der Waals surface area contributed by atoms with E-state index in [1.807, 2.05) is 30.5 Å². The fourth-order valence-electron chi connectivity index (χ4n) is 2.52. The van der Waals surface area contributed by atoms with Crippen LogP contribution in [0.3, 0.4) is 0 Å². The molecule has 0 aromatic carbocycles. The second-order valence-electron chi connectivity index (χ2n) is 4.72. The minimum absolute atomic E-state index is 0.0913. The van der Waals surface area contributed by atoms with Crippen molar-refractivity contribution in [1.29, 1.82) is 0 Å². The van der Waals surface area contributed by atoms with E-state index in [2.05, 4.69) is 23.0 Å². The maximum atomic E-state index is 5.61. The van der Waals surface area contributed by atoms with Crippen LogP contribution in [0.4, 0.5) is 0 Å². The zero-order valence-corrected chi connectivity index (χ0v) is 11.9. The number of aromatic amines is 1. The molecule has 0 saturated heterocycles. The van der Waals surface area contributed by atoms with Gasteiger partial charge in [-0.1, -0.05) is 0 Å². The third-order valence-electron chi connectivity index (χ3n) is 3.39. The van der Waals surface area contributed by atoms with Gasteiger partial charge in [0.25, 0.3) is 0 Å². The fourth-order valence-corrected chi connectivity index (χ4v) is 2.88. The maximum absolute atomic E-state index is 5.61. The Hall–Kier alpha value is -1.88. The van der Waals surface area contributed by atoms with Crippen LogP contribution in [0.25, 0.3) is 11.2 Å². The van der Waals surface area contributed by atoms with Gasteiger partial charge in [-0.2, -0.15) is 0 Å². The van der Waals surface area contributed by atoms with Crippen molar-refractivity contribution in [3.8, 4) is 0 Å². The maximum Gasteiger partial charge on any atom is 0.179 e. The smallest absolute Gasteiger partial charge is 0.179 e. The summed E-state index contributed by atoms with van der Waals surface area (Å²) in [7, 11) is 0. The van der Waals surface area contributed by atoms with Crippen LogP contribution in [-0.2, 0) is 0 Å². The van der Waals surface area contributed by atoms with Crippen molar-refractivity contribution in [3.05, 3.63) is 46.3 Å². The number of aryl methyl sites for hydroxylation is 2. The first-order valence-electron chi connectivity index (χ1n) is 6.20. The molecule has 1 N–H and O–H groups in total. The molecule has 98 valence electrons. The first-order valence-corrected chi connectivity index (χ1v) is 6.61. The van der Waals surface area contributed by atoms with E-state index in [4.69, 9.17) is 16.6 Å². The van der Waals surface area contributed by atoms with Gasteiger partial charge in [-0.05, 0) is 51.2 Å². The van der Waals surface area contributed by atoms with Gasteiger partial charge in [0, 0.05) is 11.8 Å². The molecule has 1 unspecified atom stereocenters. The fraction of sp³-hybridized carbons (Fsp3) is 0.286. The highest BCUT2D eigenvalue weighted by Crippen LogP contribution is 2.27. The van der Waals surface area contributed by atoms with Gasteiger partial charge in [0.2, 0.25) is 0 Å². The molecule has 19 heavy (non-hydrogen) atoms. The molecule has 0 fully saturated rings. The summed E-state index contributed by atoms with van der Waals surface area (Å²) in [5.74, 6) is 1.84. The number of rotatable bonds is 2. The molecule has 0 radical (unpaired) electrons. The van der Waals surface area contributed by atoms with Gasteiger partial charge in [0.1, 0.15) is 11.5 Å². The van der Waals surface area contributed by atoms with Crippen molar-refractivity contribution >= 4 is 23.4 Å². The Balaban J connectivity index is 2.22. The lowest BCUT2D eigenvalue weighted by Crippen LogP contribution is -2.07. The SMILES string of the molecule is Cc1cc(C(C)n2c(=S)[nH]c3cccnc32)c(C)o1. The number of imidazole rings is 1. The minimum Gasteiger partial charge on any atom is -0.466 e. The summed E-state index contributed by atoms with van der Waals surface area (Å²) in [6.07, 6.45) is 1.78. The molecule has 5 heteroatoms. The summed E-state index contributed by atoms with van der Waals surface area (Å²) in [5.41, 5.74) is 2.97. The first kappa shape index (κ1) is 12.2. The summed E-state index contributed by atoms with van der Waals surface area (Å²) < 4.78 is 8.32. The van der Waals surface area contributed by atoms with Gasteiger partial charge < -0.3 is 9.40 Å². The van der Waals surface area contributed by atoms with Crippen LogP contribution < -0.4 is 0 Å². The Bertz CT molecular complexity index is 796. The Morgan fingerprint density at radius 2 is 2.21 bits per heavy atom.